The minimum atomic E-state index is -0.753. The molecule has 1 aromatic rings. The largest absolute Gasteiger partial charge is 0.504 e. The van der Waals surface area contributed by atoms with Crippen LogP contribution in [-0.2, 0) is 19.0 Å². The highest BCUT2D eigenvalue weighted by Gasteiger charge is 2.37. The van der Waals surface area contributed by atoms with E-state index in [4.69, 9.17) is 14.2 Å². The maximum Gasteiger partial charge on any atom is 0.305 e. The molecular weight excluding hydrogens is 436 g/mol. The number of aliphatic hydroxyl groups is 1. The monoisotopic (exact) mass is 478 g/mol. The number of rotatable bonds is 15. The third-order valence-electron chi connectivity index (χ3n) is 6.17. The molecule has 7 heteroatoms. The summed E-state index contributed by atoms with van der Waals surface area (Å²) in [6.07, 6.45) is 12.1. The number of unbranched alkanes of at least 4 members (excludes halogenated alkanes) is 7. The van der Waals surface area contributed by atoms with E-state index in [1.165, 1.54) is 27.1 Å². The van der Waals surface area contributed by atoms with Crippen LogP contribution in [0.2, 0.25) is 0 Å². The van der Waals surface area contributed by atoms with Gasteiger partial charge in [-0.15, -0.1) is 0 Å². The van der Waals surface area contributed by atoms with Crippen LogP contribution >= 0.6 is 0 Å². The molecule has 2 rings (SSSR count). The van der Waals surface area contributed by atoms with E-state index in [9.17, 15) is 15.0 Å². The lowest BCUT2D eigenvalue weighted by molar-refractivity contribution is -0.278. The van der Waals surface area contributed by atoms with Crippen molar-refractivity contribution in [2.45, 2.75) is 102 Å². The van der Waals surface area contributed by atoms with E-state index in [1.807, 2.05) is 6.08 Å². The summed E-state index contributed by atoms with van der Waals surface area (Å²) in [6.45, 7) is 2.18. The van der Waals surface area contributed by atoms with Crippen LogP contribution in [-0.4, -0.2) is 48.7 Å². The molecule has 1 saturated heterocycles. The van der Waals surface area contributed by atoms with Crippen molar-refractivity contribution in [3.05, 3.63) is 35.9 Å². The Bertz CT molecular complexity index is 748. The maximum absolute atomic E-state index is 11.2. The molecule has 1 aromatic carbocycles. The van der Waals surface area contributed by atoms with Gasteiger partial charge in [0.15, 0.2) is 17.8 Å². The SMILES string of the molecule is CCCCC/C=C\[C@H]1O[C@@H](c2ccc(O)c(OC)c2)O[C@@H](CCCCCCCC(=O)OC)[C@@H]1O. The summed E-state index contributed by atoms with van der Waals surface area (Å²) in [5.41, 5.74) is 0.735. The Labute approximate surface area is 204 Å². The van der Waals surface area contributed by atoms with E-state index >= 15 is 0 Å². The molecule has 1 aliphatic heterocycles. The van der Waals surface area contributed by atoms with Gasteiger partial charge in [-0.25, -0.2) is 0 Å². The van der Waals surface area contributed by atoms with Gasteiger partial charge in [-0.05, 0) is 37.8 Å². The number of hydrogen-bond acceptors (Lipinski definition) is 7. The van der Waals surface area contributed by atoms with Crippen molar-refractivity contribution in [2.24, 2.45) is 0 Å². The third kappa shape index (κ3) is 9.28. The molecule has 1 aliphatic rings. The molecule has 1 heterocycles. The van der Waals surface area contributed by atoms with Gasteiger partial charge in [0.25, 0.3) is 0 Å². The van der Waals surface area contributed by atoms with Crippen LogP contribution in [0.4, 0.5) is 0 Å². The minimum Gasteiger partial charge on any atom is -0.504 e. The van der Waals surface area contributed by atoms with Crippen molar-refractivity contribution in [1.82, 2.24) is 0 Å². The van der Waals surface area contributed by atoms with Gasteiger partial charge in [-0.2, -0.15) is 0 Å². The van der Waals surface area contributed by atoms with Crippen molar-refractivity contribution < 1.29 is 34.0 Å². The van der Waals surface area contributed by atoms with Crippen molar-refractivity contribution in [2.75, 3.05) is 14.2 Å². The highest BCUT2D eigenvalue weighted by atomic mass is 16.7. The lowest BCUT2D eigenvalue weighted by Crippen LogP contribution is -2.46. The summed E-state index contributed by atoms with van der Waals surface area (Å²) >= 11 is 0. The molecule has 0 saturated carbocycles. The second-order valence-electron chi connectivity index (χ2n) is 8.84. The summed E-state index contributed by atoms with van der Waals surface area (Å²) in [7, 11) is 2.91. The summed E-state index contributed by atoms with van der Waals surface area (Å²) in [5.74, 6) is 0.244. The number of carbonyl (C=O) groups is 1. The first-order valence-corrected chi connectivity index (χ1v) is 12.6. The van der Waals surface area contributed by atoms with Crippen LogP contribution in [0.15, 0.2) is 30.4 Å². The zero-order chi connectivity index (χ0) is 24.8. The molecule has 34 heavy (non-hydrogen) atoms. The zero-order valence-electron chi connectivity index (χ0n) is 20.9. The van der Waals surface area contributed by atoms with Crippen LogP contribution in [0.25, 0.3) is 0 Å². The molecule has 0 bridgehead atoms. The Hall–Kier alpha value is -2.09. The number of aromatic hydroxyl groups is 1. The van der Waals surface area contributed by atoms with E-state index in [0.29, 0.717) is 18.6 Å². The number of phenols is 1. The Kier molecular flexibility index (Phi) is 13.0. The highest BCUT2D eigenvalue weighted by Crippen LogP contribution is 2.36. The van der Waals surface area contributed by atoms with Gasteiger partial charge in [0, 0.05) is 12.0 Å². The molecule has 192 valence electrons. The quantitative estimate of drug-likeness (QED) is 0.193. The first-order valence-electron chi connectivity index (χ1n) is 12.6. The minimum absolute atomic E-state index is 0.0539. The number of esters is 1. The maximum atomic E-state index is 11.2. The summed E-state index contributed by atoms with van der Waals surface area (Å²) < 4.78 is 22.2. The topological polar surface area (TPSA) is 94.5 Å². The average Bonchev–Trinajstić information content (AvgIpc) is 2.85. The Balaban J connectivity index is 1.96. The number of methoxy groups -OCH3 is 2. The predicted octanol–water partition coefficient (Wildman–Crippen LogP) is 5.58. The molecular formula is C27H42O7. The van der Waals surface area contributed by atoms with E-state index in [0.717, 1.165) is 50.5 Å². The normalized spacial score (nSPS) is 22.7. The van der Waals surface area contributed by atoms with Gasteiger partial charge in [0.1, 0.15) is 12.2 Å². The molecule has 0 amide bonds. The number of aliphatic hydroxyl groups excluding tert-OH is 1. The number of allylic oxidation sites excluding steroid dienone is 1. The van der Waals surface area contributed by atoms with Crippen LogP contribution in [0.1, 0.15) is 89.4 Å². The number of ether oxygens (including phenoxy) is 4. The van der Waals surface area contributed by atoms with Crippen LogP contribution in [0.3, 0.4) is 0 Å². The lowest BCUT2D eigenvalue weighted by Gasteiger charge is -2.39. The highest BCUT2D eigenvalue weighted by molar-refractivity contribution is 5.68. The average molecular weight is 479 g/mol. The summed E-state index contributed by atoms with van der Waals surface area (Å²) in [4.78, 5) is 11.2. The van der Waals surface area contributed by atoms with Crippen LogP contribution in [0, 0.1) is 0 Å². The number of benzene rings is 1. The first-order chi connectivity index (χ1) is 16.5. The second kappa shape index (κ2) is 15.7. The van der Waals surface area contributed by atoms with Gasteiger partial charge >= 0.3 is 5.97 Å². The van der Waals surface area contributed by atoms with Gasteiger partial charge < -0.3 is 29.2 Å². The molecule has 0 spiro atoms. The molecule has 2 N–H and O–H groups in total. The van der Waals surface area contributed by atoms with Gasteiger partial charge in [-0.3, -0.25) is 4.79 Å². The van der Waals surface area contributed by atoms with E-state index in [-0.39, 0.29) is 17.8 Å². The van der Waals surface area contributed by atoms with Crippen molar-refractivity contribution in [1.29, 1.82) is 0 Å². The van der Waals surface area contributed by atoms with E-state index < -0.39 is 18.5 Å². The van der Waals surface area contributed by atoms with Gasteiger partial charge in [0.05, 0.1) is 20.3 Å². The molecule has 0 unspecified atom stereocenters. The fraction of sp³-hybridized carbons (Fsp3) is 0.667. The molecule has 0 aliphatic carbocycles. The van der Waals surface area contributed by atoms with Gasteiger partial charge in [-0.1, -0.05) is 63.7 Å². The smallest absolute Gasteiger partial charge is 0.305 e. The summed E-state index contributed by atoms with van der Waals surface area (Å²) in [5, 5.41) is 20.9. The fourth-order valence-corrected chi connectivity index (χ4v) is 4.09. The standard InChI is InChI=1S/C27H42O7/c1-4-5-6-8-11-14-22-26(30)23(15-12-9-7-10-13-16-25(29)32-3)34-27(33-22)20-17-18-21(28)24(19-20)31-2/h11,14,17-19,22-23,26-28,30H,4-10,12-13,15-16H2,1-3H3/b14-11-/t22-,23+,26-,27-/m1/s1. The molecule has 0 radical (unpaired) electrons. The number of phenolic OH excluding ortho intramolecular Hbond substituents is 1. The van der Waals surface area contributed by atoms with Crippen molar-refractivity contribution >= 4 is 5.97 Å². The fourth-order valence-electron chi connectivity index (χ4n) is 4.09. The molecule has 1 fully saturated rings. The van der Waals surface area contributed by atoms with E-state index in [1.54, 1.807) is 18.2 Å². The van der Waals surface area contributed by atoms with Crippen LogP contribution in [0.5, 0.6) is 11.5 Å². The number of hydrogen-bond donors (Lipinski definition) is 2. The first kappa shape index (κ1) is 28.1. The Morgan fingerprint density at radius 3 is 2.56 bits per heavy atom. The van der Waals surface area contributed by atoms with Gasteiger partial charge in [0.2, 0.25) is 0 Å². The van der Waals surface area contributed by atoms with E-state index in [2.05, 4.69) is 17.7 Å². The lowest BCUT2D eigenvalue weighted by atomic mass is 9.98. The second-order valence-corrected chi connectivity index (χ2v) is 8.84. The van der Waals surface area contributed by atoms with Crippen LogP contribution < -0.4 is 4.74 Å². The Morgan fingerprint density at radius 1 is 1.06 bits per heavy atom. The van der Waals surface area contributed by atoms with Crippen molar-refractivity contribution in [3.8, 4) is 11.5 Å². The predicted molar refractivity (Wildman–Crippen MR) is 131 cm³/mol. The molecule has 0 aromatic heterocycles. The zero-order valence-corrected chi connectivity index (χ0v) is 20.9. The molecule has 4 atom stereocenters. The Morgan fingerprint density at radius 2 is 1.82 bits per heavy atom. The molecule has 7 nitrogen and oxygen atoms in total. The third-order valence-corrected chi connectivity index (χ3v) is 6.17. The van der Waals surface area contributed by atoms with Crippen molar-refractivity contribution in [3.63, 3.8) is 0 Å². The summed E-state index contributed by atoms with van der Waals surface area (Å²) in [6, 6.07) is 5.02. The number of carbonyl (C=O) groups excluding carboxylic acids is 1.